The number of rotatable bonds is 4. The predicted octanol–water partition coefficient (Wildman–Crippen LogP) is 1.52. The van der Waals surface area contributed by atoms with Crippen molar-refractivity contribution in [3.8, 4) is 0 Å². The van der Waals surface area contributed by atoms with Gasteiger partial charge in [0.05, 0.1) is 10.8 Å². The fraction of sp³-hybridized carbons (Fsp3) is 0.588. The summed E-state index contributed by atoms with van der Waals surface area (Å²) in [6.45, 7) is 2.66. The van der Waals surface area contributed by atoms with Crippen molar-refractivity contribution in [2.45, 2.75) is 36.6 Å². The second-order valence-electron chi connectivity index (χ2n) is 6.75. The summed E-state index contributed by atoms with van der Waals surface area (Å²) < 4.78 is 40.8. The predicted molar refractivity (Wildman–Crippen MR) is 99.2 cm³/mol. The summed E-state index contributed by atoms with van der Waals surface area (Å²) in [6, 6.07) is 4.60. The van der Waals surface area contributed by atoms with Gasteiger partial charge in [-0.15, -0.1) is 12.4 Å². The van der Waals surface area contributed by atoms with Crippen LogP contribution in [-0.2, 0) is 14.8 Å². The van der Waals surface area contributed by atoms with Crippen molar-refractivity contribution in [3.63, 3.8) is 0 Å². The zero-order chi connectivity index (χ0) is 17.9. The van der Waals surface area contributed by atoms with Crippen LogP contribution in [0.1, 0.15) is 25.7 Å². The van der Waals surface area contributed by atoms with Gasteiger partial charge in [-0.05, 0) is 50.4 Å². The first kappa shape index (κ1) is 21.1. The number of sulfonamides is 1. The van der Waals surface area contributed by atoms with Crippen LogP contribution in [0.15, 0.2) is 29.2 Å². The van der Waals surface area contributed by atoms with E-state index in [4.69, 9.17) is 0 Å². The normalized spacial score (nSPS) is 24.0. The number of carbonyl (C=O) groups excluding carboxylic acids is 1. The van der Waals surface area contributed by atoms with Crippen LogP contribution in [0.3, 0.4) is 0 Å². The summed E-state index contributed by atoms with van der Waals surface area (Å²) in [4.78, 5) is 14.3. The van der Waals surface area contributed by atoms with Gasteiger partial charge in [-0.25, -0.2) is 17.5 Å². The second-order valence-corrected chi connectivity index (χ2v) is 8.46. The molecule has 2 fully saturated rings. The molecule has 0 aromatic heterocycles. The first-order valence-electron chi connectivity index (χ1n) is 8.73. The van der Waals surface area contributed by atoms with Crippen LogP contribution in [0.4, 0.5) is 4.39 Å². The number of benzene rings is 1. The zero-order valence-electron chi connectivity index (χ0n) is 14.5. The highest BCUT2D eigenvalue weighted by Gasteiger charge is 2.31. The van der Waals surface area contributed by atoms with Crippen molar-refractivity contribution >= 4 is 28.3 Å². The number of likely N-dealkylation sites (tertiary alicyclic amines) is 1. The van der Waals surface area contributed by atoms with E-state index in [2.05, 4.69) is 10.0 Å². The monoisotopic (exact) mass is 405 g/mol. The van der Waals surface area contributed by atoms with E-state index in [0.717, 1.165) is 31.9 Å². The molecule has 6 nitrogen and oxygen atoms in total. The van der Waals surface area contributed by atoms with Gasteiger partial charge in [-0.3, -0.25) is 4.79 Å². The average Bonchev–Trinajstić information content (AvgIpc) is 2.62. The molecule has 1 amide bonds. The minimum absolute atomic E-state index is 0. The van der Waals surface area contributed by atoms with Crippen molar-refractivity contribution in [2.75, 3.05) is 26.2 Å². The highest BCUT2D eigenvalue weighted by atomic mass is 35.5. The largest absolute Gasteiger partial charge is 0.341 e. The Labute approximate surface area is 160 Å². The number of hydrogen-bond donors (Lipinski definition) is 2. The van der Waals surface area contributed by atoms with Gasteiger partial charge in [-0.2, -0.15) is 0 Å². The van der Waals surface area contributed by atoms with Crippen LogP contribution in [0, 0.1) is 11.7 Å². The first-order chi connectivity index (χ1) is 12.0. The summed E-state index contributed by atoms with van der Waals surface area (Å²) >= 11 is 0. The molecule has 2 aliphatic heterocycles. The van der Waals surface area contributed by atoms with Gasteiger partial charge >= 0.3 is 0 Å². The van der Waals surface area contributed by atoms with E-state index in [1.807, 2.05) is 0 Å². The smallest absolute Gasteiger partial charge is 0.240 e. The number of amides is 1. The van der Waals surface area contributed by atoms with E-state index in [9.17, 15) is 17.6 Å². The lowest BCUT2D eigenvalue weighted by atomic mass is 9.96. The Kier molecular flexibility index (Phi) is 7.40. The van der Waals surface area contributed by atoms with Crippen LogP contribution in [-0.4, -0.2) is 51.4 Å². The molecule has 1 aromatic rings. The average molecular weight is 406 g/mol. The Morgan fingerprint density at radius 2 is 2.08 bits per heavy atom. The van der Waals surface area contributed by atoms with Crippen LogP contribution < -0.4 is 10.0 Å². The molecule has 2 saturated heterocycles. The molecule has 9 heteroatoms. The van der Waals surface area contributed by atoms with Gasteiger partial charge in [0.1, 0.15) is 5.82 Å². The number of nitrogens with one attached hydrogen (secondary N) is 2. The molecule has 0 spiro atoms. The molecule has 2 atom stereocenters. The van der Waals surface area contributed by atoms with Gasteiger partial charge in [-0.1, -0.05) is 6.07 Å². The third kappa shape index (κ3) is 5.16. The lowest BCUT2D eigenvalue weighted by molar-refractivity contribution is -0.137. The number of carbonyl (C=O) groups is 1. The Morgan fingerprint density at radius 3 is 2.77 bits per heavy atom. The van der Waals surface area contributed by atoms with Crippen LogP contribution >= 0.6 is 12.4 Å². The standard InChI is InChI=1S/C17H24FN3O3S.ClH/c18-14-5-1-7-16(10-14)25(23,24)20-15-6-3-9-21(12-15)17(22)13-4-2-8-19-11-13;/h1,5,7,10,13,15,19-20H,2-4,6,8-9,11-12H2;1H. The molecule has 2 unspecified atom stereocenters. The quantitative estimate of drug-likeness (QED) is 0.796. The topological polar surface area (TPSA) is 78.5 Å². The molecule has 2 aliphatic rings. The Morgan fingerprint density at radius 1 is 1.27 bits per heavy atom. The van der Waals surface area contributed by atoms with Crippen molar-refractivity contribution in [2.24, 2.45) is 5.92 Å². The van der Waals surface area contributed by atoms with Crippen molar-refractivity contribution < 1.29 is 17.6 Å². The third-order valence-corrected chi connectivity index (χ3v) is 6.33. The lowest BCUT2D eigenvalue weighted by Gasteiger charge is -2.36. The molecule has 0 aliphatic carbocycles. The third-order valence-electron chi connectivity index (χ3n) is 4.81. The van der Waals surface area contributed by atoms with Gasteiger partial charge in [0.25, 0.3) is 0 Å². The summed E-state index contributed by atoms with van der Waals surface area (Å²) in [5.74, 6) is -0.512. The summed E-state index contributed by atoms with van der Waals surface area (Å²) in [7, 11) is -3.80. The molecule has 0 saturated carbocycles. The van der Waals surface area contributed by atoms with E-state index < -0.39 is 15.8 Å². The summed E-state index contributed by atoms with van der Waals surface area (Å²) in [5, 5.41) is 3.24. The molecule has 146 valence electrons. The Hall–Kier alpha value is -1.22. The van der Waals surface area contributed by atoms with Crippen molar-refractivity contribution in [1.29, 1.82) is 0 Å². The van der Waals surface area contributed by atoms with Crippen LogP contribution in [0.2, 0.25) is 0 Å². The SMILES string of the molecule is Cl.O=C(C1CCCNC1)N1CCCC(NS(=O)(=O)c2cccc(F)c2)C1. The molecule has 0 bridgehead atoms. The molecule has 3 rings (SSSR count). The molecule has 0 radical (unpaired) electrons. The fourth-order valence-electron chi connectivity index (χ4n) is 3.52. The number of hydrogen-bond acceptors (Lipinski definition) is 4. The van der Waals surface area contributed by atoms with Crippen molar-refractivity contribution in [1.82, 2.24) is 14.9 Å². The van der Waals surface area contributed by atoms with Gasteiger partial charge < -0.3 is 10.2 Å². The van der Waals surface area contributed by atoms with Crippen molar-refractivity contribution in [3.05, 3.63) is 30.1 Å². The number of nitrogens with zero attached hydrogens (tertiary/aromatic N) is 1. The summed E-state index contributed by atoms with van der Waals surface area (Å²) in [5.41, 5.74) is 0. The molecule has 2 N–H and O–H groups in total. The van der Waals surface area contributed by atoms with E-state index in [-0.39, 0.29) is 35.2 Å². The lowest BCUT2D eigenvalue weighted by Crippen LogP contribution is -2.52. The molecular weight excluding hydrogens is 381 g/mol. The second kappa shape index (κ2) is 9.12. The molecular formula is C17H25ClFN3O3S. The highest BCUT2D eigenvalue weighted by Crippen LogP contribution is 2.19. The zero-order valence-corrected chi connectivity index (χ0v) is 16.1. The van der Waals surface area contributed by atoms with E-state index in [1.165, 1.54) is 18.2 Å². The first-order valence-corrected chi connectivity index (χ1v) is 10.2. The summed E-state index contributed by atoms with van der Waals surface area (Å²) in [6.07, 6.45) is 3.28. The van der Waals surface area contributed by atoms with Gasteiger partial charge in [0.2, 0.25) is 15.9 Å². The number of piperidine rings is 2. The van der Waals surface area contributed by atoms with Crippen LogP contribution in [0.25, 0.3) is 0 Å². The Bertz CT molecular complexity index is 726. The van der Waals surface area contributed by atoms with Gasteiger partial charge in [0.15, 0.2) is 0 Å². The molecule has 1 aromatic carbocycles. The molecule has 2 heterocycles. The highest BCUT2D eigenvalue weighted by molar-refractivity contribution is 7.89. The van der Waals surface area contributed by atoms with E-state index in [1.54, 1.807) is 4.90 Å². The van der Waals surface area contributed by atoms with E-state index in [0.29, 0.717) is 26.1 Å². The van der Waals surface area contributed by atoms with Gasteiger partial charge in [0, 0.05) is 25.7 Å². The van der Waals surface area contributed by atoms with E-state index >= 15 is 0 Å². The maximum absolute atomic E-state index is 13.3. The molecule has 26 heavy (non-hydrogen) atoms. The number of halogens is 2. The minimum atomic E-state index is -3.80. The minimum Gasteiger partial charge on any atom is -0.341 e. The van der Waals surface area contributed by atoms with Crippen LogP contribution in [0.5, 0.6) is 0 Å². The maximum Gasteiger partial charge on any atom is 0.240 e. The fourth-order valence-corrected chi connectivity index (χ4v) is 4.81. The maximum atomic E-state index is 13.3. The Balaban J connectivity index is 0.00000243.